The summed E-state index contributed by atoms with van der Waals surface area (Å²) in [6.07, 6.45) is 0.442. The molecule has 2 atom stereocenters. The molecule has 2 N–H and O–H groups in total. The molecule has 0 aliphatic rings. The van der Waals surface area contributed by atoms with Crippen LogP contribution in [0.25, 0.3) is 0 Å². The SMILES string of the molecule is CC(Cc1cccc(F)c1)C(=O)Nc1ccc(C(C)C(=O)O)cc1. The fourth-order valence-corrected chi connectivity index (χ4v) is 2.37. The van der Waals surface area contributed by atoms with Crippen molar-refractivity contribution in [2.45, 2.75) is 26.2 Å². The summed E-state index contributed by atoms with van der Waals surface area (Å²) in [6.45, 7) is 3.39. The van der Waals surface area contributed by atoms with Crippen molar-refractivity contribution in [3.8, 4) is 0 Å². The number of benzene rings is 2. The number of hydrogen-bond acceptors (Lipinski definition) is 2. The van der Waals surface area contributed by atoms with E-state index in [4.69, 9.17) is 5.11 Å². The molecule has 0 aromatic heterocycles. The van der Waals surface area contributed by atoms with Crippen molar-refractivity contribution in [3.05, 3.63) is 65.5 Å². The van der Waals surface area contributed by atoms with Crippen molar-refractivity contribution < 1.29 is 19.1 Å². The fourth-order valence-electron chi connectivity index (χ4n) is 2.37. The maximum absolute atomic E-state index is 13.2. The Morgan fingerprint density at radius 2 is 1.79 bits per heavy atom. The minimum Gasteiger partial charge on any atom is -0.481 e. The molecular formula is C19H20FNO3. The first-order valence-electron chi connectivity index (χ1n) is 7.75. The Balaban J connectivity index is 1.97. The molecule has 0 aliphatic carbocycles. The Hall–Kier alpha value is -2.69. The third kappa shape index (κ3) is 4.65. The summed E-state index contributed by atoms with van der Waals surface area (Å²) in [7, 11) is 0. The molecule has 1 amide bonds. The van der Waals surface area contributed by atoms with Crippen LogP contribution in [0.4, 0.5) is 10.1 Å². The zero-order chi connectivity index (χ0) is 17.7. The molecule has 2 unspecified atom stereocenters. The number of hydrogen-bond donors (Lipinski definition) is 2. The summed E-state index contributed by atoms with van der Waals surface area (Å²) >= 11 is 0. The normalized spacial score (nSPS) is 13.1. The summed E-state index contributed by atoms with van der Waals surface area (Å²) in [5.74, 6) is -2.29. The van der Waals surface area contributed by atoms with Crippen molar-refractivity contribution in [1.29, 1.82) is 0 Å². The van der Waals surface area contributed by atoms with Gasteiger partial charge in [-0.05, 0) is 48.7 Å². The smallest absolute Gasteiger partial charge is 0.310 e. The van der Waals surface area contributed by atoms with Crippen LogP contribution < -0.4 is 5.32 Å². The largest absolute Gasteiger partial charge is 0.481 e. The molecule has 24 heavy (non-hydrogen) atoms. The number of carboxylic acid groups (broad SMARTS) is 1. The van der Waals surface area contributed by atoms with Crippen LogP contribution in [0.3, 0.4) is 0 Å². The van der Waals surface area contributed by atoms with Gasteiger partial charge in [0.2, 0.25) is 5.91 Å². The molecule has 126 valence electrons. The number of carboxylic acids is 1. The number of anilines is 1. The van der Waals surface area contributed by atoms with Crippen LogP contribution in [0.1, 0.15) is 30.9 Å². The van der Waals surface area contributed by atoms with E-state index in [1.54, 1.807) is 50.2 Å². The maximum Gasteiger partial charge on any atom is 0.310 e. The highest BCUT2D eigenvalue weighted by atomic mass is 19.1. The van der Waals surface area contributed by atoms with Crippen molar-refractivity contribution in [1.82, 2.24) is 0 Å². The van der Waals surface area contributed by atoms with Crippen LogP contribution >= 0.6 is 0 Å². The van der Waals surface area contributed by atoms with Gasteiger partial charge in [0.15, 0.2) is 0 Å². The van der Waals surface area contributed by atoms with Gasteiger partial charge >= 0.3 is 5.97 Å². The van der Waals surface area contributed by atoms with Gasteiger partial charge in [0, 0.05) is 11.6 Å². The molecular weight excluding hydrogens is 309 g/mol. The van der Waals surface area contributed by atoms with Gasteiger partial charge < -0.3 is 10.4 Å². The molecule has 5 heteroatoms. The van der Waals surface area contributed by atoms with Crippen LogP contribution in [-0.4, -0.2) is 17.0 Å². The monoisotopic (exact) mass is 329 g/mol. The number of rotatable bonds is 6. The molecule has 2 aromatic carbocycles. The number of amides is 1. The number of aliphatic carboxylic acids is 1. The van der Waals surface area contributed by atoms with Crippen LogP contribution in [0.2, 0.25) is 0 Å². The van der Waals surface area contributed by atoms with E-state index in [1.807, 2.05) is 0 Å². The van der Waals surface area contributed by atoms with Gasteiger partial charge in [-0.25, -0.2) is 4.39 Å². The third-order valence-corrected chi connectivity index (χ3v) is 3.93. The lowest BCUT2D eigenvalue weighted by molar-refractivity contribution is -0.138. The lowest BCUT2D eigenvalue weighted by Gasteiger charge is -2.13. The molecule has 4 nitrogen and oxygen atoms in total. The zero-order valence-corrected chi connectivity index (χ0v) is 13.6. The number of halogens is 1. The van der Waals surface area contributed by atoms with E-state index in [0.29, 0.717) is 17.7 Å². The highest BCUT2D eigenvalue weighted by Crippen LogP contribution is 2.19. The van der Waals surface area contributed by atoms with Gasteiger partial charge in [0.25, 0.3) is 0 Å². The zero-order valence-electron chi connectivity index (χ0n) is 13.6. The second-order valence-corrected chi connectivity index (χ2v) is 5.91. The summed E-state index contributed by atoms with van der Waals surface area (Å²) < 4.78 is 13.2. The second-order valence-electron chi connectivity index (χ2n) is 5.91. The molecule has 0 radical (unpaired) electrons. The average molecular weight is 329 g/mol. The highest BCUT2D eigenvalue weighted by Gasteiger charge is 2.16. The molecule has 2 aromatic rings. The Labute approximate surface area is 140 Å². The molecule has 0 spiro atoms. The average Bonchev–Trinajstić information content (AvgIpc) is 2.54. The van der Waals surface area contributed by atoms with E-state index in [-0.39, 0.29) is 17.6 Å². The molecule has 0 saturated heterocycles. The van der Waals surface area contributed by atoms with E-state index >= 15 is 0 Å². The van der Waals surface area contributed by atoms with Gasteiger partial charge in [-0.1, -0.05) is 31.2 Å². The van der Waals surface area contributed by atoms with Crippen LogP contribution in [0.15, 0.2) is 48.5 Å². The number of carbonyl (C=O) groups is 2. The quantitative estimate of drug-likeness (QED) is 0.846. The molecule has 2 rings (SSSR count). The van der Waals surface area contributed by atoms with E-state index in [0.717, 1.165) is 5.56 Å². The summed E-state index contributed by atoms with van der Waals surface area (Å²) in [6, 6.07) is 12.9. The summed E-state index contributed by atoms with van der Waals surface area (Å²) in [5.41, 5.74) is 2.05. The molecule has 0 aliphatic heterocycles. The van der Waals surface area contributed by atoms with Gasteiger partial charge in [-0.2, -0.15) is 0 Å². The Bertz CT molecular complexity index is 728. The second kappa shape index (κ2) is 7.73. The van der Waals surface area contributed by atoms with Crippen molar-refractivity contribution in [2.24, 2.45) is 5.92 Å². The van der Waals surface area contributed by atoms with Crippen LogP contribution in [0, 0.1) is 11.7 Å². The minimum absolute atomic E-state index is 0.168. The van der Waals surface area contributed by atoms with Crippen molar-refractivity contribution in [2.75, 3.05) is 5.32 Å². The molecule has 0 saturated carbocycles. The lowest BCUT2D eigenvalue weighted by Crippen LogP contribution is -2.22. The molecule has 0 heterocycles. The van der Waals surface area contributed by atoms with Gasteiger partial charge in [-0.15, -0.1) is 0 Å². The Morgan fingerprint density at radius 3 is 2.38 bits per heavy atom. The number of carbonyl (C=O) groups excluding carboxylic acids is 1. The predicted molar refractivity (Wildman–Crippen MR) is 90.4 cm³/mol. The first-order valence-corrected chi connectivity index (χ1v) is 7.75. The van der Waals surface area contributed by atoms with Gasteiger partial charge in [0.05, 0.1) is 5.92 Å². The first kappa shape index (κ1) is 17.7. The standard InChI is InChI=1S/C19H20FNO3/c1-12(10-14-4-3-5-16(20)11-14)18(22)21-17-8-6-15(7-9-17)13(2)19(23)24/h3-9,11-13H,10H2,1-2H3,(H,21,22)(H,23,24). The Kier molecular flexibility index (Phi) is 5.68. The van der Waals surface area contributed by atoms with E-state index < -0.39 is 11.9 Å². The lowest BCUT2D eigenvalue weighted by atomic mass is 9.99. The first-order chi connectivity index (χ1) is 11.4. The maximum atomic E-state index is 13.2. The van der Waals surface area contributed by atoms with Gasteiger partial charge in [-0.3, -0.25) is 9.59 Å². The van der Waals surface area contributed by atoms with E-state index in [9.17, 15) is 14.0 Å². The van der Waals surface area contributed by atoms with E-state index in [2.05, 4.69) is 5.32 Å². The molecule has 0 bridgehead atoms. The van der Waals surface area contributed by atoms with Crippen LogP contribution in [-0.2, 0) is 16.0 Å². The highest BCUT2D eigenvalue weighted by molar-refractivity contribution is 5.92. The fraction of sp³-hybridized carbons (Fsp3) is 0.263. The topological polar surface area (TPSA) is 66.4 Å². The molecule has 0 fully saturated rings. The third-order valence-electron chi connectivity index (χ3n) is 3.93. The van der Waals surface area contributed by atoms with Gasteiger partial charge in [0.1, 0.15) is 5.82 Å². The van der Waals surface area contributed by atoms with E-state index in [1.165, 1.54) is 12.1 Å². The minimum atomic E-state index is -0.893. The van der Waals surface area contributed by atoms with Crippen molar-refractivity contribution >= 4 is 17.6 Å². The number of nitrogens with one attached hydrogen (secondary N) is 1. The summed E-state index contributed by atoms with van der Waals surface area (Å²) in [5, 5.41) is 11.8. The van der Waals surface area contributed by atoms with Crippen LogP contribution in [0.5, 0.6) is 0 Å². The van der Waals surface area contributed by atoms with Crippen molar-refractivity contribution in [3.63, 3.8) is 0 Å². The Morgan fingerprint density at radius 1 is 1.12 bits per heavy atom. The summed E-state index contributed by atoms with van der Waals surface area (Å²) in [4.78, 5) is 23.2. The predicted octanol–water partition coefficient (Wildman–Crippen LogP) is 3.83.